The Bertz CT molecular complexity index is 949. The molecule has 0 saturated carbocycles. The molecule has 0 aliphatic heterocycles. The number of carbonyl (C=O) groups is 2. The first-order chi connectivity index (χ1) is 13.7. The normalized spacial score (nSPS) is 13.6. The summed E-state index contributed by atoms with van der Waals surface area (Å²) in [6.45, 7) is 0.662. The van der Waals surface area contributed by atoms with E-state index in [-0.39, 0.29) is 11.3 Å². The number of halogens is 2. The second kappa shape index (κ2) is 9.14. The van der Waals surface area contributed by atoms with E-state index in [1.807, 2.05) is 5.32 Å². The fourth-order valence-corrected chi connectivity index (χ4v) is 2.31. The lowest BCUT2D eigenvalue weighted by Gasteiger charge is -2.30. The summed E-state index contributed by atoms with van der Waals surface area (Å²) in [6, 6.07) is 10.0. The van der Waals surface area contributed by atoms with Crippen molar-refractivity contribution in [1.82, 2.24) is 10.8 Å². The third-order valence-corrected chi connectivity index (χ3v) is 4.07. The number of phenolic OH excluding ortho intramolecular Hbond substituents is 1. The Morgan fingerprint density at radius 2 is 1.69 bits per heavy atom. The van der Waals surface area contributed by atoms with Crippen LogP contribution in [0.1, 0.15) is 28.4 Å². The molecule has 0 aliphatic rings. The summed E-state index contributed by atoms with van der Waals surface area (Å²) >= 11 is 0. The van der Waals surface area contributed by atoms with Gasteiger partial charge in [-0.25, -0.2) is 14.3 Å². The van der Waals surface area contributed by atoms with Gasteiger partial charge in [0.25, 0.3) is 18.2 Å². The van der Waals surface area contributed by atoms with Crippen LogP contribution >= 0.6 is 0 Å². The second-order valence-electron chi connectivity index (χ2n) is 6.25. The van der Waals surface area contributed by atoms with Crippen molar-refractivity contribution in [3.8, 4) is 17.6 Å². The molecule has 2 rings (SSSR count). The smallest absolute Gasteiger partial charge is 0.269 e. The molecule has 2 aromatic rings. The van der Waals surface area contributed by atoms with E-state index in [9.17, 15) is 28.6 Å². The first-order valence-electron chi connectivity index (χ1n) is 8.32. The molecule has 2 aromatic carbocycles. The molecule has 0 radical (unpaired) electrons. The lowest BCUT2D eigenvalue weighted by molar-refractivity contribution is -0.149. The SMILES string of the molecule is CC(O)(C(F)F)[C@H](NC(=O)c1ccc(C#Cc2ccccc2O)cc1)C(=O)NO. The average Bonchev–Trinajstić information content (AvgIpc) is 2.70. The van der Waals surface area contributed by atoms with E-state index >= 15 is 0 Å². The number of aromatic hydroxyl groups is 1. The van der Waals surface area contributed by atoms with Crippen molar-refractivity contribution >= 4 is 11.8 Å². The molecule has 29 heavy (non-hydrogen) atoms. The molecule has 0 heterocycles. The minimum Gasteiger partial charge on any atom is -0.507 e. The number of hydrogen-bond acceptors (Lipinski definition) is 5. The van der Waals surface area contributed by atoms with Crippen molar-refractivity contribution in [1.29, 1.82) is 0 Å². The molecule has 9 heteroatoms. The van der Waals surface area contributed by atoms with Crippen LogP contribution < -0.4 is 10.8 Å². The van der Waals surface area contributed by atoms with Crippen molar-refractivity contribution in [3.63, 3.8) is 0 Å². The number of aliphatic hydroxyl groups is 1. The van der Waals surface area contributed by atoms with Gasteiger partial charge in [-0.1, -0.05) is 24.0 Å². The minimum atomic E-state index is -3.36. The van der Waals surface area contributed by atoms with Crippen molar-refractivity contribution in [2.24, 2.45) is 0 Å². The number of carbonyl (C=O) groups excluding carboxylic acids is 2. The Labute approximate surface area is 164 Å². The molecule has 152 valence electrons. The van der Waals surface area contributed by atoms with Gasteiger partial charge in [0.05, 0.1) is 5.56 Å². The number of nitrogens with one attached hydrogen (secondary N) is 2. The summed E-state index contributed by atoms with van der Waals surface area (Å²) in [7, 11) is 0. The third-order valence-electron chi connectivity index (χ3n) is 4.07. The Hall–Kier alpha value is -3.48. The standard InChI is InChI=1S/C20H18F2N2O5/c1-20(28,19(21)22)16(18(27)24-29)23-17(26)14-10-7-12(8-11-14)6-9-13-4-2-3-5-15(13)25/h2-5,7-8,10-11,16,19,25,28-29H,1H3,(H,23,26)(H,24,27)/t16-,20?/m1/s1. The number of hydroxylamine groups is 1. The molecular weight excluding hydrogens is 386 g/mol. The molecule has 2 amide bonds. The van der Waals surface area contributed by atoms with Crippen LogP contribution in [0.2, 0.25) is 0 Å². The summed E-state index contributed by atoms with van der Waals surface area (Å²) in [6.07, 6.45) is -3.36. The summed E-state index contributed by atoms with van der Waals surface area (Å²) in [4.78, 5) is 23.9. The summed E-state index contributed by atoms with van der Waals surface area (Å²) in [5.41, 5.74) is -0.829. The number of hydrogen-bond donors (Lipinski definition) is 5. The van der Waals surface area contributed by atoms with E-state index in [0.717, 1.165) is 5.48 Å². The minimum absolute atomic E-state index is 0.0129. The number of para-hydroxylation sites is 1. The summed E-state index contributed by atoms with van der Waals surface area (Å²) in [5, 5.41) is 30.2. The van der Waals surface area contributed by atoms with Gasteiger partial charge in [0.2, 0.25) is 0 Å². The largest absolute Gasteiger partial charge is 0.507 e. The number of phenols is 1. The van der Waals surface area contributed by atoms with Crippen molar-refractivity contribution in [2.75, 3.05) is 0 Å². The number of amides is 2. The van der Waals surface area contributed by atoms with Crippen LogP contribution in [0.3, 0.4) is 0 Å². The topological polar surface area (TPSA) is 119 Å². The van der Waals surface area contributed by atoms with Crippen LogP contribution in [-0.2, 0) is 4.79 Å². The Kier molecular flexibility index (Phi) is 6.88. The molecular formula is C20H18F2N2O5. The lowest BCUT2D eigenvalue weighted by atomic mass is 9.95. The molecule has 0 bridgehead atoms. The van der Waals surface area contributed by atoms with Crippen LogP contribution in [0, 0.1) is 11.8 Å². The maximum absolute atomic E-state index is 13.0. The first kappa shape index (κ1) is 21.8. The lowest BCUT2D eigenvalue weighted by Crippen LogP contribution is -2.61. The molecule has 0 fully saturated rings. The zero-order valence-electron chi connectivity index (χ0n) is 15.2. The molecule has 2 atom stereocenters. The van der Waals surface area contributed by atoms with E-state index in [4.69, 9.17) is 5.21 Å². The van der Waals surface area contributed by atoms with Crippen molar-refractivity contribution in [3.05, 3.63) is 65.2 Å². The quantitative estimate of drug-likeness (QED) is 0.293. The van der Waals surface area contributed by atoms with E-state index in [1.165, 1.54) is 30.3 Å². The highest BCUT2D eigenvalue weighted by Gasteiger charge is 2.46. The highest BCUT2D eigenvalue weighted by Crippen LogP contribution is 2.20. The molecule has 0 aliphatic carbocycles. The van der Waals surface area contributed by atoms with Crippen LogP contribution in [0.15, 0.2) is 48.5 Å². The van der Waals surface area contributed by atoms with Gasteiger partial charge in [0, 0.05) is 11.1 Å². The Balaban J connectivity index is 2.17. The van der Waals surface area contributed by atoms with Crippen molar-refractivity contribution < 1.29 is 33.8 Å². The van der Waals surface area contributed by atoms with Crippen molar-refractivity contribution in [2.45, 2.75) is 25.0 Å². The van der Waals surface area contributed by atoms with Crippen LogP contribution in [0.5, 0.6) is 5.75 Å². The zero-order valence-corrected chi connectivity index (χ0v) is 15.2. The molecule has 5 N–H and O–H groups in total. The molecule has 1 unspecified atom stereocenters. The highest BCUT2D eigenvalue weighted by atomic mass is 19.3. The monoisotopic (exact) mass is 404 g/mol. The fourth-order valence-electron chi connectivity index (χ4n) is 2.31. The molecule has 0 saturated heterocycles. The predicted molar refractivity (Wildman–Crippen MR) is 98.3 cm³/mol. The van der Waals surface area contributed by atoms with Gasteiger partial charge in [-0.15, -0.1) is 0 Å². The van der Waals surface area contributed by atoms with Gasteiger partial charge in [0.1, 0.15) is 11.8 Å². The van der Waals surface area contributed by atoms with E-state index < -0.39 is 29.9 Å². The van der Waals surface area contributed by atoms with Crippen LogP contribution in [0.25, 0.3) is 0 Å². The van der Waals surface area contributed by atoms with Gasteiger partial charge in [-0.2, -0.15) is 0 Å². The fraction of sp³-hybridized carbons (Fsp3) is 0.200. The zero-order chi connectivity index (χ0) is 21.6. The maximum atomic E-state index is 13.0. The maximum Gasteiger partial charge on any atom is 0.269 e. The average molecular weight is 404 g/mol. The molecule has 0 aromatic heterocycles. The van der Waals surface area contributed by atoms with Gasteiger partial charge in [-0.3, -0.25) is 14.8 Å². The highest BCUT2D eigenvalue weighted by molar-refractivity contribution is 5.97. The Morgan fingerprint density at radius 3 is 2.24 bits per heavy atom. The summed E-state index contributed by atoms with van der Waals surface area (Å²) in [5.74, 6) is 3.28. The molecule has 7 nitrogen and oxygen atoms in total. The van der Waals surface area contributed by atoms with E-state index in [1.54, 1.807) is 18.2 Å². The molecule has 0 spiro atoms. The van der Waals surface area contributed by atoms with Crippen LogP contribution in [0.4, 0.5) is 8.78 Å². The van der Waals surface area contributed by atoms with Gasteiger partial charge < -0.3 is 15.5 Å². The van der Waals surface area contributed by atoms with Crippen LogP contribution in [-0.4, -0.2) is 45.3 Å². The van der Waals surface area contributed by atoms with Gasteiger partial charge >= 0.3 is 0 Å². The Morgan fingerprint density at radius 1 is 1.07 bits per heavy atom. The first-order valence-corrected chi connectivity index (χ1v) is 8.32. The third kappa shape index (κ3) is 5.28. The van der Waals surface area contributed by atoms with Gasteiger partial charge in [0.15, 0.2) is 5.60 Å². The summed E-state index contributed by atoms with van der Waals surface area (Å²) < 4.78 is 26.0. The van der Waals surface area contributed by atoms with E-state index in [2.05, 4.69) is 11.8 Å². The van der Waals surface area contributed by atoms with Gasteiger partial charge in [-0.05, 0) is 43.3 Å². The number of rotatable bonds is 5. The second-order valence-corrected chi connectivity index (χ2v) is 6.25. The number of benzene rings is 2. The number of alkyl halides is 2. The van der Waals surface area contributed by atoms with E-state index in [0.29, 0.717) is 18.1 Å². The predicted octanol–water partition coefficient (Wildman–Crippen LogP) is 1.41.